The maximum absolute atomic E-state index is 10.8. The summed E-state index contributed by atoms with van der Waals surface area (Å²) in [5.41, 5.74) is 0.883. The Morgan fingerprint density at radius 2 is 2.07 bits per heavy atom. The second-order valence-electron chi connectivity index (χ2n) is 2.94. The van der Waals surface area contributed by atoms with Gasteiger partial charge in [0.25, 0.3) is 0 Å². The van der Waals surface area contributed by atoms with Crippen LogP contribution in [-0.2, 0) is 14.8 Å². The van der Waals surface area contributed by atoms with E-state index in [1.54, 1.807) is 18.3 Å². The second kappa shape index (κ2) is 7.28. The fourth-order valence-corrected chi connectivity index (χ4v) is 1.27. The third-order valence-corrected chi connectivity index (χ3v) is 2.24. The molecular formula is C9H13F2N2OS-. The predicted octanol–water partition coefficient (Wildman–Crippen LogP) is 3.17. The highest BCUT2D eigenvalue weighted by atomic mass is 32.2. The number of pyridine rings is 1. The average molecular weight is 235 g/mol. The van der Waals surface area contributed by atoms with Gasteiger partial charge in [-0.15, -0.1) is 0 Å². The first kappa shape index (κ1) is 14.0. The van der Waals surface area contributed by atoms with Crippen LogP contribution in [0.4, 0.5) is 8.78 Å². The molecule has 0 saturated heterocycles. The van der Waals surface area contributed by atoms with Crippen molar-refractivity contribution in [2.75, 3.05) is 6.93 Å². The maximum atomic E-state index is 10.8. The van der Waals surface area contributed by atoms with Gasteiger partial charge in [-0.05, 0) is 5.92 Å². The van der Waals surface area contributed by atoms with E-state index in [1.165, 1.54) is 0 Å². The van der Waals surface area contributed by atoms with Gasteiger partial charge in [0.05, 0.1) is 0 Å². The Morgan fingerprint density at radius 1 is 1.53 bits per heavy atom. The summed E-state index contributed by atoms with van der Waals surface area (Å²) >= 11 is 0. The molecule has 0 aromatic carbocycles. The molecule has 1 heterocycles. The summed E-state index contributed by atoms with van der Waals surface area (Å²) in [6, 6.07) is 3.32. The molecule has 0 amide bonds. The lowest BCUT2D eigenvalue weighted by atomic mass is 10.1. The molecule has 1 N–H and O–H groups in total. The molecule has 0 radical (unpaired) electrons. The molecule has 0 fully saturated rings. The van der Waals surface area contributed by atoms with E-state index in [0.29, 0.717) is 10.8 Å². The number of hydrogen-bond donors (Lipinski definition) is 1. The van der Waals surface area contributed by atoms with Crippen LogP contribution in [0.15, 0.2) is 23.2 Å². The quantitative estimate of drug-likeness (QED) is 0.800. The van der Waals surface area contributed by atoms with E-state index in [1.807, 2.05) is 13.8 Å². The van der Waals surface area contributed by atoms with Gasteiger partial charge in [-0.25, -0.2) is 8.78 Å². The maximum Gasteiger partial charge on any atom is 0.229 e. The fraction of sp³-hybridized carbons (Fsp3) is 0.444. The van der Waals surface area contributed by atoms with Gasteiger partial charge in [0.2, 0.25) is 6.93 Å². The summed E-state index contributed by atoms with van der Waals surface area (Å²) in [7, 11) is -1.65. The number of alkyl halides is 2. The summed E-state index contributed by atoms with van der Waals surface area (Å²) in [5, 5.41) is 0. The normalized spacial score (nSPS) is 10.0. The minimum absolute atomic E-state index is 0.313. The number of rotatable bonds is 2. The Bertz CT molecular complexity index is 359. The standard InChI is InChI=1S/C8H11N2OS.CH2F2/c1-6(2)8-5-7(12(9)11)3-4-10-8;2-1-3/h3-6,9H,1-2H3;1H2/q-1;. The SMILES string of the molecule is CC(C)c1cc([S-](=N)=O)ccn1.FCF. The minimum atomic E-state index is -1.75. The van der Waals surface area contributed by atoms with Crippen LogP contribution in [0, 0.1) is 4.78 Å². The Labute approximate surface area is 89.5 Å². The number of nitrogens with zero attached hydrogens (tertiary/aromatic N) is 1. The van der Waals surface area contributed by atoms with Crippen LogP contribution in [-0.4, -0.2) is 11.9 Å². The number of nitrogens with one attached hydrogen (secondary N) is 1. The minimum Gasteiger partial charge on any atom is -0.440 e. The molecule has 0 atom stereocenters. The van der Waals surface area contributed by atoms with Crippen molar-refractivity contribution in [3.8, 4) is 0 Å². The lowest BCUT2D eigenvalue weighted by Crippen LogP contribution is -1.92. The van der Waals surface area contributed by atoms with Crippen molar-refractivity contribution >= 4 is 10.6 Å². The molecule has 0 aliphatic rings. The van der Waals surface area contributed by atoms with E-state index in [0.717, 1.165) is 5.69 Å². The Morgan fingerprint density at radius 3 is 2.47 bits per heavy atom. The van der Waals surface area contributed by atoms with Crippen molar-refractivity contribution in [2.45, 2.75) is 24.7 Å². The highest BCUT2D eigenvalue weighted by molar-refractivity contribution is 7.73. The smallest absolute Gasteiger partial charge is 0.229 e. The number of aromatic nitrogens is 1. The van der Waals surface area contributed by atoms with Gasteiger partial charge in [0.1, 0.15) is 0 Å². The van der Waals surface area contributed by atoms with Crippen molar-refractivity contribution in [1.29, 1.82) is 4.78 Å². The topological polar surface area (TPSA) is 53.8 Å². The van der Waals surface area contributed by atoms with Gasteiger partial charge in [-0.2, -0.15) is 10.6 Å². The molecule has 6 heteroatoms. The van der Waals surface area contributed by atoms with Crippen LogP contribution < -0.4 is 0 Å². The van der Waals surface area contributed by atoms with Gasteiger partial charge in [-0.1, -0.05) is 30.9 Å². The largest absolute Gasteiger partial charge is 0.440 e. The predicted molar refractivity (Wildman–Crippen MR) is 54.4 cm³/mol. The third-order valence-electron chi connectivity index (χ3n) is 1.56. The first-order valence-electron chi connectivity index (χ1n) is 4.23. The van der Waals surface area contributed by atoms with Crippen LogP contribution in [0.5, 0.6) is 0 Å². The van der Waals surface area contributed by atoms with E-state index in [4.69, 9.17) is 4.78 Å². The molecule has 0 unspecified atom stereocenters. The van der Waals surface area contributed by atoms with Gasteiger partial charge in [0.15, 0.2) is 0 Å². The highest BCUT2D eigenvalue weighted by Crippen LogP contribution is 2.12. The zero-order valence-corrected chi connectivity index (χ0v) is 9.35. The zero-order chi connectivity index (χ0) is 11.8. The Hall–Kier alpha value is -1.04. The first-order valence-corrected chi connectivity index (χ1v) is 5.38. The molecule has 0 aliphatic heterocycles. The molecule has 3 nitrogen and oxygen atoms in total. The Kier molecular flexibility index (Phi) is 6.77. The van der Waals surface area contributed by atoms with Crippen LogP contribution in [0.25, 0.3) is 0 Å². The van der Waals surface area contributed by atoms with Gasteiger partial charge < -0.3 is 8.99 Å². The summed E-state index contributed by atoms with van der Waals surface area (Å²) in [4.78, 5) is 4.63. The van der Waals surface area contributed by atoms with E-state index >= 15 is 0 Å². The summed E-state index contributed by atoms with van der Waals surface area (Å²) < 4.78 is 37.0. The van der Waals surface area contributed by atoms with Crippen molar-refractivity contribution in [1.82, 2.24) is 4.98 Å². The number of halogens is 2. The first-order chi connectivity index (χ1) is 7.02. The molecule has 1 aromatic heterocycles. The molecule has 1 rings (SSSR count). The van der Waals surface area contributed by atoms with E-state index in [9.17, 15) is 13.0 Å². The molecule has 0 bridgehead atoms. The van der Waals surface area contributed by atoms with E-state index < -0.39 is 17.5 Å². The van der Waals surface area contributed by atoms with Crippen LogP contribution in [0.3, 0.4) is 0 Å². The molecule has 0 saturated carbocycles. The van der Waals surface area contributed by atoms with Crippen molar-refractivity contribution in [3.05, 3.63) is 24.0 Å². The summed E-state index contributed by atoms with van der Waals surface area (Å²) in [6.07, 6.45) is 1.59. The molecular weight excluding hydrogens is 222 g/mol. The monoisotopic (exact) mass is 235 g/mol. The molecule has 0 spiro atoms. The lowest BCUT2D eigenvalue weighted by Gasteiger charge is -2.07. The van der Waals surface area contributed by atoms with Gasteiger partial charge in [-0.3, -0.25) is 4.98 Å². The fourth-order valence-electron chi connectivity index (χ4n) is 0.859. The summed E-state index contributed by atoms with van der Waals surface area (Å²) in [6.45, 7) is 2.28. The van der Waals surface area contributed by atoms with Crippen molar-refractivity contribution in [2.24, 2.45) is 0 Å². The van der Waals surface area contributed by atoms with Gasteiger partial charge >= 0.3 is 0 Å². The van der Waals surface area contributed by atoms with E-state index in [2.05, 4.69) is 4.98 Å². The summed E-state index contributed by atoms with van der Waals surface area (Å²) in [5.74, 6) is 0.313. The zero-order valence-electron chi connectivity index (χ0n) is 8.54. The average Bonchev–Trinajstić information content (AvgIpc) is 2.19. The molecule has 1 aromatic rings. The second-order valence-corrected chi connectivity index (χ2v) is 3.95. The number of hydrogen-bond acceptors (Lipinski definition) is 4. The Balaban J connectivity index is 0.000000583. The van der Waals surface area contributed by atoms with Crippen molar-refractivity contribution in [3.63, 3.8) is 0 Å². The van der Waals surface area contributed by atoms with Crippen LogP contribution in [0.2, 0.25) is 0 Å². The molecule has 15 heavy (non-hydrogen) atoms. The van der Waals surface area contributed by atoms with Crippen LogP contribution in [0.1, 0.15) is 25.5 Å². The van der Waals surface area contributed by atoms with Gasteiger partial charge in [0, 0.05) is 11.9 Å². The van der Waals surface area contributed by atoms with Crippen molar-refractivity contribution < 1.29 is 13.0 Å². The third kappa shape index (κ3) is 5.41. The molecule has 86 valence electrons. The van der Waals surface area contributed by atoms with Crippen LogP contribution >= 0.6 is 0 Å². The molecule has 0 aliphatic carbocycles. The highest BCUT2D eigenvalue weighted by Gasteiger charge is 1.98. The van der Waals surface area contributed by atoms with E-state index in [-0.39, 0.29) is 0 Å². The lowest BCUT2D eigenvalue weighted by molar-refractivity contribution is 0.295.